The maximum atomic E-state index is 13.0. The Labute approximate surface area is 159 Å². The molecule has 4 rings (SSSR count). The normalized spacial score (nSPS) is 24.7. The van der Waals surface area contributed by atoms with Crippen LogP contribution in [-0.4, -0.2) is 63.1 Å². The highest BCUT2D eigenvalue weighted by Gasteiger charge is 2.43. The molecule has 1 amide bonds. The number of nitrogens with zero attached hydrogens (tertiary/aromatic N) is 1. The predicted octanol–water partition coefficient (Wildman–Crippen LogP) is 0.479. The number of carbonyl (C=O) groups is 1. The highest BCUT2D eigenvalue weighted by molar-refractivity contribution is 7.89. The van der Waals surface area contributed by atoms with Gasteiger partial charge in [0.15, 0.2) is 11.5 Å². The summed E-state index contributed by atoms with van der Waals surface area (Å²) in [5.41, 5.74) is -0.0913. The molecule has 0 aromatic heterocycles. The van der Waals surface area contributed by atoms with E-state index >= 15 is 0 Å². The molecule has 1 aromatic carbocycles. The molecule has 2 fully saturated rings. The van der Waals surface area contributed by atoms with E-state index in [1.54, 1.807) is 18.2 Å². The molecule has 3 aliphatic heterocycles. The van der Waals surface area contributed by atoms with E-state index in [0.29, 0.717) is 37.8 Å². The molecular formula is C18H25N3O5S. The molecule has 1 unspecified atom stereocenters. The lowest BCUT2D eigenvalue weighted by atomic mass is 9.86. The van der Waals surface area contributed by atoms with Gasteiger partial charge in [-0.25, -0.2) is 8.42 Å². The molecule has 2 saturated heterocycles. The van der Waals surface area contributed by atoms with Crippen LogP contribution in [0.4, 0.5) is 0 Å². The number of sulfonamides is 1. The van der Waals surface area contributed by atoms with Crippen molar-refractivity contribution in [2.45, 2.75) is 42.7 Å². The summed E-state index contributed by atoms with van der Waals surface area (Å²) in [6.07, 6.45) is 2.30. The summed E-state index contributed by atoms with van der Waals surface area (Å²) >= 11 is 0. The van der Waals surface area contributed by atoms with Crippen molar-refractivity contribution >= 4 is 15.9 Å². The number of benzene rings is 1. The fourth-order valence-corrected chi connectivity index (χ4v) is 5.67. The van der Waals surface area contributed by atoms with E-state index in [-0.39, 0.29) is 22.4 Å². The first-order chi connectivity index (χ1) is 12.9. The molecule has 0 bridgehead atoms. The number of amides is 1. The number of ether oxygens (including phenoxy) is 2. The van der Waals surface area contributed by atoms with Gasteiger partial charge in [0.05, 0.1) is 4.90 Å². The van der Waals surface area contributed by atoms with Crippen LogP contribution in [0.25, 0.3) is 0 Å². The topological polar surface area (TPSA) is 97.0 Å². The summed E-state index contributed by atoms with van der Waals surface area (Å²) in [6, 6.07) is 4.90. The minimum absolute atomic E-state index is 0.0301. The van der Waals surface area contributed by atoms with Crippen LogP contribution < -0.4 is 20.1 Å². The Morgan fingerprint density at radius 1 is 1.22 bits per heavy atom. The number of fused-ring (bicyclic) bond motifs is 1. The molecular weight excluding hydrogens is 370 g/mol. The van der Waals surface area contributed by atoms with Gasteiger partial charge in [0.2, 0.25) is 15.9 Å². The third-order valence-electron chi connectivity index (χ3n) is 5.60. The second-order valence-corrected chi connectivity index (χ2v) is 9.41. The first-order valence-electron chi connectivity index (χ1n) is 9.30. The van der Waals surface area contributed by atoms with Crippen LogP contribution in [-0.2, 0) is 14.8 Å². The Kier molecular flexibility index (Phi) is 4.77. The van der Waals surface area contributed by atoms with Gasteiger partial charge in [-0.1, -0.05) is 0 Å². The predicted molar refractivity (Wildman–Crippen MR) is 98.4 cm³/mol. The molecule has 1 atom stereocenters. The highest BCUT2D eigenvalue weighted by atomic mass is 32.2. The average molecular weight is 395 g/mol. The molecule has 8 nitrogen and oxygen atoms in total. The van der Waals surface area contributed by atoms with Crippen LogP contribution in [0.2, 0.25) is 0 Å². The SMILES string of the molecule is CC(=O)NC1CNC2(CCN(S(=O)(=O)c3ccc4c(c3)OCCO4)CC2)C1. The van der Waals surface area contributed by atoms with Crippen molar-refractivity contribution in [1.82, 2.24) is 14.9 Å². The van der Waals surface area contributed by atoms with Crippen molar-refractivity contribution in [1.29, 1.82) is 0 Å². The van der Waals surface area contributed by atoms with E-state index in [1.165, 1.54) is 11.2 Å². The van der Waals surface area contributed by atoms with Crippen LogP contribution >= 0.6 is 0 Å². The van der Waals surface area contributed by atoms with Crippen molar-refractivity contribution in [3.05, 3.63) is 18.2 Å². The van der Waals surface area contributed by atoms with Crippen molar-refractivity contribution < 1.29 is 22.7 Å². The van der Waals surface area contributed by atoms with Crippen LogP contribution in [0.1, 0.15) is 26.2 Å². The Balaban J connectivity index is 1.44. The average Bonchev–Trinajstić information content (AvgIpc) is 3.03. The highest BCUT2D eigenvalue weighted by Crippen LogP contribution is 2.36. The standard InChI is InChI=1S/C18H25N3O5S/c1-13(22)20-14-11-18(19-12-14)4-6-21(7-5-18)27(23,24)15-2-3-16-17(10-15)26-9-8-25-16/h2-3,10,14,19H,4-9,11-12H2,1H3,(H,20,22). The molecule has 0 radical (unpaired) electrons. The van der Waals surface area contributed by atoms with E-state index in [0.717, 1.165) is 25.8 Å². The Bertz CT molecular complexity index is 833. The van der Waals surface area contributed by atoms with Crippen LogP contribution in [0, 0.1) is 0 Å². The van der Waals surface area contributed by atoms with E-state index < -0.39 is 10.0 Å². The third kappa shape index (κ3) is 3.63. The van der Waals surface area contributed by atoms with Crippen molar-refractivity contribution in [3.63, 3.8) is 0 Å². The summed E-state index contributed by atoms with van der Waals surface area (Å²) < 4.78 is 38.6. The van der Waals surface area contributed by atoms with E-state index in [9.17, 15) is 13.2 Å². The second-order valence-electron chi connectivity index (χ2n) is 7.47. The van der Waals surface area contributed by atoms with Gasteiger partial charge in [0.1, 0.15) is 13.2 Å². The van der Waals surface area contributed by atoms with Crippen LogP contribution in [0.15, 0.2) is 23.1 Å². The lowest BCUT2D eigenvalue weighted by Crippen LogP contribution is -2.51. The van der Waals surface area contributed by atoms with Gasteiger partial charge in [0.25, 0.3) is 0 Å². The Hall–Kier alpha value is -1.84. The minimum atomic E-state index is -3.57. The lowest BCUT2D eigenvalue weighted by Gasteiger charge is -2.39. The molecule has 3 heterocycles. The van der Waals surface area contributed by atoms with Gasteiger partial charge in [-0.2, -0.15) is 4.31 Å². The number of carbonyl (C=O) groups excluding carboxylic acids is 1. The summed E-state index contributed by atoms with van der Waals surface area (Å²) in [6.45, 7) is 4.05. The van der Waals surface area contributed by atoms with Crippen molar-refractivity contribution in [2.75, 3.05) is 32.8 Å². The van der Waals surface area contributed by atoms with Gasteiger partial charge < -0.3 is 20.1 Å². The molecule has 3 aliphatic rings. The molecule has 1 spiro atoms. The lowest BCUT2D eigenvalue weighted by molar-refractivity contribution is -0.119. The van der Waals surface area contributed by atoms with E-state index in [1.807, 2.05) is 0 Å². The molecule has 9 heteroatoms. The number of hydrogen-bond donors (Lipinski definition) is 2. The molecule has 27 heavy (non-hydrogen) atoms. The minimum Gasteiger partial charge on any atom is -0.486 e. The van der Waals surface area contributed by atoms with Gasteiger partial charge in [0, 0.05) is 44.2 Å². The number of rotatable bonds is 3. The molecule has 0 aliphatic carbocycles. The molecule has 148 valence electrons. The first-order valence-corrected chi connectivity index (χ1v) is 10.7. The van der Waals surface area contributed by atoms with Crippen LogP contribution in [0.5, 0.6) is 11.5 Å². The maximum absolute atomic E-state index is 13.0. The second kappa shape index (κ2) is 6.96. The maximum Gasteiger partial charge on any atom is 0.243 e. The van der Waals surface area contributed by atoms with Gasteiger partial charge in [-0.3, -0.25) is 4.79 Å². The van der Waals surface area contributed by atoms with Crippen molar-refractivity contribution in [2.24, 2.45) is 0 Å². The Morgan fingerprint density at radius 3 is 2.63 bits per heavy atom. The zero-order valence-corrected chi connectivity index (χ0v) is 16.2. The van der Waals surface area contributed by atoms with Gasteiger partial charge >= 0.3 is 0 Å². The fourth-order valence-electron chi connectivity index (χ4n) is 4.21. The Morgan fingerprint density at radius 2 is 1.93 bits per heavy atom. The number of piperidine rings is 1. The fraction of sp³-hybridized carbons (Fsp3) is 0.611. The number of hydrogen-bond acceptors (Lipinski definition) is 6. The van der Waals surface area contributed by atoms with E-state index in [4.69, 9.17) is 9.47 Å². The summed E-state index contributed by atoms with van der Waals surface area (Å²) in [5, 5.41) is 6.46. The van der Waals surface area contributed by atoms with Gasteiger partial charge in [-0.15, -0.1) is 0 Å². The third-order valence-corrected chi connectivity index (χ3v) is 7.49. The quantitative estimate of drug-likeness (QED) is 0.773. The first kappa shape index (κ1) is 18.5. The zero-order valence-electron chi connectivity index (χ0n) is 15.4. The summed E-state index contributed by atoms with van der Waals surface area (Å²) in [4.78, 5) is 11.5. The number of nitrogens with one attached hydrogen (secondary N) is 2. The van der Waals surface area contributed by atoms with E-state index in [2.05, 4.69) is 10.6 Å². The zero-order chi connectivity index (χ0) is 19.1. The van der Waals surface area contributed by atoms with Crippen molar-refractivity contribution in [3.8, 4) is 11.5 Å². The molecule has 0 saturated carbocycles. The van der Waals surface area contributed by atoms with Crippen LogP contribution in [0.3, 0.4) is 0 Å². The molecule has 1 aromatic rings. The largest absolute Gasteiger partial charge is 0.486 e. The smallest absolute Gasteiger partial charge is 0.243 e. The summed E-state index contributed by atoms with van der Waals surface area (Å²) in [7, 11) is -3.57. The monoisotopic (exact) mass is 395 g/mol. The summed E-state index contributed by atoms with van der Waals surface area (Å²) in [5.74, 6) is 1.03. The molecule has 2 N–H and O–H groups in total. The van der Waals surface area contributed by atoms with Gasteiger partial charge in [-0.05, 0) is 31.4 Å².